The third-order valence-electron chi connectivity index (χ3n) is 3.37. The van der Waals surface area contributed by atoms with Gasteiger partial charge in [0.05, 0.1) is 12.6 Å². The highest BCUT2D eigenvalue weighted by molar-refractivity contribution is 6.72. The second kappa shape index (κ2) is 4.13. The van der Waals surface area contributed by atoms with Crippen LogP contribution < -0.4 is 0 Å². The maximum absolute atomic E-state index is 11.7. The van der Waals surface area contributed by atoms with Crippen LogP contribution in [-0.2, 0) is 4.79 Å². The number of nitrogens with zero attached hydrogens (tertiary/aromatic N) is 4. The third-order valence-corrected chi connectivity index (χ3v) is 3.37. The summed E-state index contributed by atoms with van der Waals surface area (Å²) in [5.74, 6) is 0.855. The van der Waals surface area contributed by atoms with Crippen molar-refractivity contribution in [2.75, 3.05) is 13.2 Å². The Morgan fingerprint density at radius 1 is 1.44 bits per heavy atom. The number of fused-ring (bicyclic) bond motifs is 1. The first kappa shape index (κ1) is 11.3. The van der Waals surface area contributed by atoms with E-state index in [-0.39, 0.29) is 18.6 Å². The smallest absolute Gasteiger partial charge is 0.299 e. The normalized spacial score (nSPS) is 26.7. The van der Waals surface area contributed by atoms with Gasteiger partial charge in [-0.15, -0.1) is 0 Å². The molecule has 3 heterocycles. The first-order valence-corrected chi connectivity index (χ1v) is 6.05. The van der Waals surface area contributed by atoms with Crippen LogP contribution in [0.1, 0.15) is 19.8 Å². The first-order valence-electron chi connectivity index (χ1n) is 6.05. The van der Waals surface area contributed by atoms with E-state index in [2.05, 4.69) is 15.0 Å². The van der Waals surface area contributed by atoms with Gasteiger partial charge in [0.1, 0.15) is 17.4 Å². The summed E-state index contributed by atoms with van der Waals surface area (Å²) in [7, 11) is 0. The van der Waals surface area contributed by atoms with Gasteiger partial charge in [0.2, 0.25) is 0 Å². The maximum Gasteiger partial charge on any atom is 0.299 e. The molecule has 0 saturated carbocycles. The van der Waals surface area contributed by atoms with E-state index in [9.17, 15) is 9.90 Å². The topological polar surface area (TPSA) is 77.6 Å². The molecule has 1 N–H and O–H groups in total. The molecule has 6 nitrogen and oxygen atoms in total. The molecule has 0 bridgehead atoms. The number of aliphatic hydroxyl groups excluding tert-OH is 1. The van der Waals surface area contributed by atoms with Gasteiger partial charge < -0.3 is 10.0 Å². The zero-order chi connectivity index (χ0) is 12.7. The molecule has 1 atom stereocenters. The fraction of sp³-hybridized carbons (Fsp3) is 0.500. The lowest BCUT2D eigenvalue weighted by Crippen LogP contribution is -2.30. The average Bonchev–Trinajstić information content (AvgIpc) is 2.92. The Morgan fingerprint density at radius 3 is 3.06 bits per heavy atom. The van der Waals surface area contributed by atoms with Gasteiger partial charge in [0.15, 0.2) is 5.71 Å². The Labute approximate surface area is 104 Å². The van der Waals surface area contributed by atoms with Gasteiger partial charge in [0, 0.05) is 12.6 Å². The third kappa shape index (κ3) is 1.69. The Bertz CT molecular complexity index is 530. The zero-order valence-corrected chi connectivity index (χ0v) is 10.1. The maximum atomic E-state index is 11.7. The summed E-state index contributed by atoms with van der Waals surface area (Å²) in [5.41, 5.74) is 0.908. The Kier molecular flexibility index (Phi) is 2.59. The number of allylic oxidation sites excluding steroid dienone is 1. The molecule has 1 amide bonds. The zero-order valence-electron chi connectivity index (χ0n) is 10.1. The van der Waals surface area contributed by atoms with Crippen LogP contribution in [0.4, 0.5) is 0 Å². The number of aliphatic imine (C=N–C) groups is 3. The van der Waals surface area contributed by atoms with Gasteiger partial charge in [-0.2, -0.15) is 4.99 Å². The fourth-order valence-electron chi connectivity index (χ4n) is 2.51. The summed E-state index contributed by atoms with van der Waals surface area (Å²) < 4.78 is 0. The molecule has 1 saturated heterocycles. The lowest BCUT2D eigenvalue weighted by molar-refractivity contribution is -0.111. The summed E-state index contributed by atoms with van der Waals surface area (Å²) in [6.45, 7) is 2.66. The summed E-state index contributed by atoms with van der Waals surface area (Å²) in [6, 6.07) is 0.0958. The predicted molar refractivity (Wildman–Crippen MR) is 67.9 cm³/mol. The minimum atomic E-state index is -0.330. The number of hydrogen-bond acceptors (Lipinski definition) is 5. The largest absolute Gasteiger partial charge is 0.394 e. The Hall–Kier alpha value is -1.82. The number of carbonyl (C=O) groups is 1. The van der Waals surface area contributed by atoms with Crippen molar-refractivity contribution in [3.63, 3.8) is 0 Å². The number of hydrogen-bond donors (Lipinski definition) is 1. The summed E-state index contributed by atoms with van der Waals surface area (Å²) in [4.78, 5) is 26.0. The number of aliphatic hydroxyl groups is 1. The standard InChI is InChI=1S/C12H14N4O2/c1-7-13-9-5-10(15-11(9)12(18)14-7)16-4-2-3-8(16)6-17/h5,8,17H,2-4,6H2,1H3. The van der Waals surface area contributed by atoms with Gasteiger partial charge in [0.25, 0.3) is 5.91 Å². The fourth-order valence-corrected chi connectivity index (χ4v) is 2.51. The van der Waals surface area contributed by atoms with Crippen LogP contribution in [0, 0.1) is 0 Å². The molecule has 1 fully saturated rings. The molecule has 0 radical (unpaired) electrons. The van der Waals surface area contributed by atoms with Gasteiger partial charge in [-0.05, 0) is 19.8 Å². The van der Waals surface area contributed by atoms with E-state index in [4.69, 9.17) is 0 Å². The molecular weight excluding hydrogens is 232 g/mol. The van der Waals surface area contributed by atoms with Crippen LogP contribution in [0.15, 0.2) is 26.9 Å². The first-order chi connectivity index (χ1) is 8.69. The van der Waals surface area contributed by atoms with Crippen LogP contribution in [0.2, 0.25) is 0 Å². The van der Waals surface area contributed by atoms with Crippen LogP contribution in [0.25, 0.3) is 0 Å². The van der Waals surface area contributed by atoms with Crippen LogP contribution in [-0.4, -0.2) is 52.4 Å². The molecular formula is C12H14N4O2. The van der Waals surface area contributed by atoms with Crippen molar-refractivity contribution in [2.45, 2.75) is 25.8 Å². The van der Waals surface area contributed by atoms with Gasteiger partial charge in [-0.3, -0.25) is 4.79 Å². The molecule has 0 aromatic heterocycles. The molecule has 0 spiro atoms. The van der Waals surface area contributed by atoms with E-state index in [0.717, 1.165) is 25.2 Å². The van der Waals surface area contributed by atoms with Crippen LogP contribution >= 0.6 is 0 Å². The Morgan fingerprint density at radius 2 is 2.28 bits per heavy atom. The highest BCUT2D eigenvalue weighted by Crippen LogP contribution is 2.26. The summed E-state index contributed by atoms with van der Waals surface area (Å²) in [6.07, 6.45) is 3.79. The van der Waals surface area contributed by atoms with E-state index in [1.54, 1.807) is 13.0 Å². The van der Waals surface area contributed by atoms with Gasteiger partial charge in [-0.25, -0.2) is 9.98 Å². The minimum absolute atomic E-state index is 0.0958. The predicted octanol–water partition coefficient (Wildman–Crippen LogP) is 0.139. The molecule has 0 aromatic carbocycles. The van der Waals surface area contributed by atoms with Crippen molar-refractivity contribution in [2.24, 2.45) is 15.0 Å². The molecule has 94 valence electrons. The lowest BCUT2D eigenvalue weighted by Gasteiger charge is -2.23. The number of likely N-dealkylation sites (tertiary alicyclic amines) is 1. The molecule has 18 heavy (non-hydrogen) atoms. The second-order valence-electron chi connectivity index (χ2n) is 4.60. The monoisotopic (exact) mass is 246 g/mol. The van der Waals surface area contributed by atoms with Crippen LogP contribution in [0.5, 0.6) is 0 Å². The molecule has 1 unspecified atom stereocenters. The molecule has 0 aliphatic carbocycles. The molecule has 3 aliphatic heterocycles. The van der Waals surface area contributed by atoms with E-state index >= 15 is 0 Å². The van der Waals surface area contributed by atoms with Gasteiger partial charge >= 0.3 is 0 Å². The van der Waals surface area contributed by atoms with E-state index in [0.29, 0.717) is 17.3 Å². The van der Waals surface area contributed by atoms with E-state index < -0.39 is 0 Å². The SMILES string of the molecule is CC1=NC(=O)C2=NC(N3CCCC3CO)=CC2=N1. The summed E-state index contributed by atoms with van der Waals surface area (Å²) >= 11 is 0. The van der Waals surface area contributed by atoms with E-state index in [1.165, 1.54) is 0 Å². The second-order valence-corrected chi connectivity index (χ2v) is 4.60. The van der Waals surface area contributed by atoms with Crippen molar-refractivity contribution in [1.29, 1.82) is 0 Å². The minimum Gasteiger partial charge on any atom is -0.394 e. The number of carbonyl (C=O) groups excluding carboxylic acids is 1. The quantitative estimate of drug-likeness (QED) is 0.752. The van der Waals surface area contributed by atoms with Crippen molar-refractivity contribution in [3.05, 3.63) is 11.9 Å². The van der Waals surface area contributed by atoms with Crippen LogP contribution in [0.3, 0.4) is 0 Å². The van der Waals surface area contributed by atoms with Crippen molar-refractivity contribution < 1.29 is 9.90 Å². The highest BCUT2D eigenvalue weighted by atomic mass is 16.3. The highest BCUT2D eigenvalue weighted by Gasteiger charge is 2.32. The number of amidine groups is 1. The molecule has 0 aromatic rings. The number of rotatable bonds is 2. The van der Waals surface area contributed by atoms with Gasteiger partial charge in [-0.1, -0.05) is 0 Å². The lowest BCUT2D eigenvalue weighted by atomic mass is 10.2. The van der Waals surface area contributed by atoms with Crippen molar-refractivity contribution >= 4 is 23.2 Å². The molecule has 3 aliphatic rings. The average molecular weight is 246 g/mol. The van der Waals surface area contributed by atoms with E-state index in [1.807, 2.05) is 4.90 Å². The van der Waals surface area contributed by atoms with Crippen molar-refractivity contribution in [1.82, 2.24) is 4.90 Å². The summed E-state index contributed by atoms with van der Waals surface area (Å²) in [5, 5.41) is 9.31. The van der Waals surface area contributed by atoms with Crippen molar-refractivity contribution in [3.8, 4) is 0 Å². The number of amides is 1. The molecule has 6 heteroatoms. The molecule has 3 rings (SSSR count). The Balaban J connectivity index is 1.92.